The number of hydrogen-bond donors (Lipinski definition) is 2. The number of carbonyl (C=O) groups excluding carboxylic acids is 2. The highest BCUT2D eigenvalue weighted by Crippen LogP contribution is 2.22. The van der Waals surface area contributed by atoms with E-state index in [0.29, 0.717) is 25.4 Å². The van der Waals surface area contributed by atoms with Gasteiger partial charge in [-0.15, -0.1) is 0 Å². The van der Waals surface area contributed by atoms with Crippen molar-refractivity contribution in [1.82, 2.24) is 10.6 Å². The van der Waals surface area contributed by atoms with E-state index in [1.807, 2.05) is 13.8 Å². The summed E-state index contributed by atoms with van der Waals surface area (Å²) >= 11 is 0. The van der Waals surface area contributed by atoms with Crippen molar-refractivity contribution in [3.05, 3.63) is 30.1 Å². The van der Waals surface area contributed by atoms with E-state index < -0.39 is 18.1 Å². The molecule has 0 saturated carbocycles. The van der Waals surface area contributed by atoms with E-state index >= 15 is 0 Å². The van der Waals surface area contributed by atoms with E-state index in [2.05, 4.69) is 10.6 Å². The van der Waals surface area contributed by atoms with Crippen LogP contribution in [0.15, 0.2) is 24.3 Å². The first-order valence-corrected chi connectivity index (χ1v) is 8.37. The Bertz CT molecular complexity index is 593. The molecule has 1 heterocycles. The van der Waals surface area contributed by atoms with E-state index in [1.165, 1.54) is 17.0 Å². The fourth-order valence-corrected chi connectivity index (χ4v) is 2.65. The molecule has 1 atom stereocenters. The van der Waals surface area contributed by atoms with Crippen molar-refractivity contribution in [2.75, 3.05) is 31.2 Å². The van der Waals surface area contributed by atoms with Crippen LogP contribution in [0.1, 0.15) is 20.3 Å². The van der Waals surface area contributed by atoms with Crippen LogP contribution in [0.25, 0.3) is 0 Å². The first-order valence-electron chi connectivity index (χ1n) is 8.37. The molecule has 1 fully saturated rings. The molecule has 0 bridgehead atoms. The lowest BCUT2D eigenvalue weighted by molar-refractivity contribution is -0.131. The Kier molecular flexibility index (Phi) is 7.15. The first-order chi connectivity index (χ1) is 12.0. The molecular weight excluding hydrogens is 329 g/mol. The van der Waals surface area contributed by atoms with Crippen LogP contribution in [-0.4, -0.2) is 50.6 Å². The molecule has 1 aromatic rings. The van der Waals surface area contributed by atoms with Gasteiger partial charge in [-0.25, -0.2) is 9.18 Å². The molecule has 1 aliphatic heterocycles. The summed E-state index contributed by atoms with van der Waals surface area (Å²) in [5.74, 6) is -0.560. The van der Waals surface area contributed by atoms with Gasteiger partial charge < -0.3 is 25.0 Å². The van der Waals surface area contributed by atoms with Gasteiger partial charge in [0, 0.05) is 31.9 Å². The molecule has 1 saturated heterocycles. The van der Waals surface area contributed by atoms with Gasteiger partial charge in [-0.3, -0.25) is 4.79 Å². The molecule has 3 amide bonds. The molecule has 0 aliphatic carbocycles. The van der Waals surface area contributed by atoms with Gasteiger partial charge >= 0.3 is 6.03 Å². The van der Waals surface area contributed by atoms with Crippen LogP contribution in [-0.2, 0) is 14.3 Å². The second kappa shape index (κ2) is 9.33. The lowest BCUT2D eigenvalue weighted by Crippen LogP contribution is -2.46. The van der Waals surface area contributed by atoms with Gasteiger partial charge in [0.1, 0.15) is 5.82 Å². The van der Waals surface area contributed by atoms with Gasteiger partial charge in [0.15, 0.2) is 6.29 Å². The number of halogens is 1. The highest BCUT2D eigenvalue weighted by Gasteiger charge is 2.31. The molecule has 138 valence electrons. The average Bonchev–Trinajstić information content (AvgIpc) is 2.93. The zero-order chi connectivity index (χ0) is 18.2. The van der Waals surface area contributed by atoms with Crippen molar-refractivity contribution in [2.24, 2.45) is 0 Å². The van der Waals surface area contributed by atoms with E-state index in [1.54, 1.807) is 12.1 Å². The van der Waals surface area contributed by atoms with E-state index in [-0.39, 0.29) is 24.9 Å². The molecule has 0 radical (unpaired) electrons. The quantitative estimate of drug-likeness (QED) is 0.696. The summed E-state index contributed by atoms with van der Waals surface area (Å²) in [5.41, 5.74) is 0.488. The third-order valence-electron chi connectivity index (χ3n) is 3.71. The molecule has 7 nitrogen and oxygen atoms in total. The van der Waals surface area contributed by atoms with Crippen LogP contribution in [0.3, 0.4) is 0 Å². The van der Waals surface area contributed by atoms with Gasteiger partial charge in [0.05, 0.1) is 12.6 Å². The molecule has 1 aromatic carbocycles. The SMILES string of the molecule is CCOC(CNC(=O)N[C@H]1CC(=O)N(c2cccc(F)c2)C1)OCC. The number of rotatable bonds is 8. The van der Waals surface area contributed by atoms with Crippen LogP contribution in [0.5, 0.6) is 0 Å². The Morgan fingerprint density at radius 2 is 2.08 bits per heavy atom. The van der Waals surface area contributed by atoms with Gasteiger partial charge in [-0.1, -0.05) is 6.07 Å². The Labute approximate surface area is 146 Å². The Balaban J connectivity index is 1.83. The predicted molar refractivity (Wildman–Crippen MR) is 90.7 cm³/mol. The predicted octanol–water partition coefficient (Wildman–Crippen LogP) is 1.63. The molecular formula is C17H24FN3O4. The van der Waals surface area contributed by atoms with Crippen LogP contribution in [0.2, 0.25) is 0 Å². The van der Waals surface area contributed by atoms with E-state index in [0.717, 1.165) is 0 Å². The summed E-state index contributed by atoms with van der Waals surface area (Å²) in [6.45, 7) is 5.16. The minimum absolute atomic E-state index is 0.155. The minimum atomic E-state index is -0.505. The average molecular weight is 353 g/mol. The largest absolute Gasteiger partial charge is 0.351 e. The fourth-order valence-electron chi connectivity index (χ4n) is 2.65. The van der Waals surface area contributed by atoms with Gasteiger partial charge in [0.25, 0.3) is 0 Å². The summed E-state index contributed by atoms with van der Waals surface area (Å²) in [6.07, 6.45) is -0.334. The van der Waals surface area contributed by atoms with E-state index in [4.69, 9.17) is 9.47 Å². The van der Waals surface area contributed by atoms with Crippen LogP contribution in [0.4, 0.5) is 14.9 Å². The minimum Gasteiger partial charge on any atom is -0.351 e. The van der Waals surface area contributed by atoms with Crippen molar-refractivity contribution in [1.29, 1.82) is 0 Å². The van der Waals surface area contributed by atoms with Crippen molar-refractivity contribution in [3.63, 3.8) is 0 Å². The number of amides is 3. The summed E-state index contributed by atoms with van der Waals surface area (Å²) < 4.78 is 24.0. The van der Waals surface area contributed by atoms with Crippen molar-refractivity contribution >= 4 is 17.6 Å². The number of ether oxygens (including phenoxy) is 2. The zero-order valence-electron chi connectivity index (χ0n) is 14.5. The fraction of sp³-hybridized carbons (Fsp3) is 0.529. The number of hydrogen-bond acceptors (Lipinski definition) is 4. The second-order valence-corrected chi connectivity index (χ2v) is 5.58. The summed E-state index contributed by atoms with van der Waals surface area (Å²) in [4.78, 5) is 25.6. The van der Waals surface area contributed by atoms with E-state index in [9.17, 15) is 14.0 Å². The smallest absolute Gasteiger partial charge is 0.315 e. The Morgan fingerprint density at radius 1 is 1.36 bits per heavy atom. The maximum Gasteiger partial charge on any atom is 0.315 e. The van der Waals surface area contributed by atoms with Crippen LogP contribution in [0, 0.1) is 5.82 Å². The summed E-state index contributed by atoms with van der Waals surface area (Å²) in [7, 11) is 0. The number of carbonyl (C=O) groups is 2. The lowest BCUT2D eigenvalue weighted by atomic mass is 10.2. The second-order valence-electron chi connectivity index (χ2n) is 5.58. The third-order valence-corrected chi connectivity index (χ3v) is 3.71. The number of nitrogens with one attached hydrogen (secondary N) is 2. The topological polar surface area (TPSA) is 79.9 Å². The molecule has 2 N–H and O–H groups in total. The Hall–Kier alpha value is -2.19. The molecule has 0 aromatic heterocycles. The normalized spacial score (nSPS) is 17.2. The molecule has 25 heavy (non-hydrogen) atoms. The maximum atomic E-state index is 13.3. The molecule has 8 heteroatoms. The highest BCUT2D eigenvalue weighted by atomic mass is 19.1. The zero-order valence-corrected chi connectivity index (χ0v) is 14.5. The standard InChI is InChI=1S/C17H24FN3O4/c1-3-24-16(25-4-2)10-19-17(23)20-13-9-15(22)21(11-13)14-7-5-6-12(18)8-14/h5-8,13,16H,3-4,9-11H2,1-2H3,(H2,19,20,23)/t13-/m0/s1. The number of benzene rings is 1. The molecule has 0 unspecified atom stereocenters. The van der Waals surface area contributed by atoms with Crippen molar-refractivity contribution in [3.8, 4) is 0 Å². The number of urea groups is 1. The van der Waals surface area contributed by atoms with Gasteiger partial charge in [-0.05, 0) is 32.0 Å². The molecule has 2 rings (SSSR count). The monoisotopic (exact) mass is 353 g/mol. The number of nitrogens with zero attached hydrogens (tertiary/aromatic N) is 1. The molecule has 1 aliphatic rings. The maximum absolute atomic E-state index is 13.3. The summed E-state index contributed by atoms with van der Waals surface area (Å²) in [6, 6.07) is 5.09. The van der Waals surface area contributed by atoms with Crippen molar-refractivity contribution < 1.29 is 23.5 Å². The lowest BCUT2D eigenvalue weighted by Gasteiger charge is -2.19. The number of anilines is 1. The highest BCUT2D eigenvalue weighted by molar-refractivity contribution is 5.96. The van der Waals surface area contributed by atoms with Crippen molar-refractivity contribution in [2.45, 2.75) is 32.6 Å². The third kappa shape index (κ3) is 5.68. The molecule has 0 spiro atoms. The first kappa shape index (κ1) is 19.1. The van der Waals surface area contributed by atoms with Gasteiger partial charge in [-0.2, -0.15) is 0 Å². The Morgan fingerprint density at radius 3 is 2.72 bits per heavy atom. The van der Waals surface area contributed by atoms with Crippen LogP contribution < -0.4 is 15.5 Å². The summed E-state index contributed by atoms with van der Waals surface area (Å²) in [5, 5.41) is 5.41. The van der Waals surface area contributed by atoms with Crippen LogP contribution >= 0.6 is 0 Å². The van der Waals surface area contributed by atoms with Gasteiger partial charge in [0.2, 0.25) is 5.91 Å².